The van der Waals surface area contributed by atoms with Crippen molar-refractivity contribution in [3.05, 3.63) is 0 Å². The van der Waals surface area contributed by atoms with Gasteiger partial charge in [0.1, 0.15) is 6.04 Å². The van der Waals surface area contributed by atoms with Crippen LogP contribution in [-0.2, 0) is 28.8 Å². The summed E-state index contributed by atoms with van der Waals surface area (Å²) in [4.78, 5) is 58.6. The number of rotatable bonds is 10. The Labute approximate surface area is 151 Å². The zero-order valence-electron chi connectivity index (χ0n) is 13.8. The highest BCUT2D eigenvalue weighted by Gasteiger charge is 2.16. The van der Waals surface area contributed by atoms with E-state index in [0.717, 1.165) is 0 Å². The van der Waals surface area contributed by atoms with Gasteiger partial charge in [0.2, 0.25) is 0 Å². The van der Waals surface area contributed by atoms with Crippen molar-refractivity contribution >= 4 is 35.8 Å². The van der Waals surface area contributed by atoms with Gasteiger partial charge < -0.3 is 41.5 Å². The smallest absolute Gasteiger partial charge is 0.333 e. The molecule has 0 fully saturated rings. The van der Waals surface area contributed by atoms with Crippen LogP contribution in [0.25, 0.3) is 0 Å². The molecule has 0 aliphatic heterocycles. The van der Waals surface area contributed by atoms with Crippen LogP contribution < -0.4 is 5.73 Å². The molecule has 0 amide bonds. The third-order valence-corrected chi connectivity index (χ3v) is 2.19. The van der Waals surface area contributed by atoms with E-state index in [0.29, 0.717) is 0 Å². The molecule has 0 radical (unpaired) electrons. The highest BCUT2D eigenvalue weighted by molar-refractivity contribution is 5.79. The van der Waals surface area contributed by atoms with E-state index in [1.165, 1.54) is 0 Å². The second-order valence-corrected chi connectivity index (χ2v) is 4.62. The number of aliphatic hydroxyl groups is 1. The Morgan fingerprint density at radius 3 is 1.19 bits per heavy atom. The van der Waals surface area contributed by atoms with Gasteiger partial charge in [0.25, 0.3) is 0 Å². The fourth-order valence-corrected chi connectivity index (χ4v) is 0.869. The molecule has 0 aromatic heterocycles. The number of aliphatic carboxylic acids is 6. The van der Waals surface area contributed by atoms with Crippen LogP contribution in [0, 0.1) is 0 Å². The summed E-state index contributed by atoms with van der Waals surface area (Å²) >= 11 is 0. The lowest BCUT2D eigenvalue weighted by Crippen LogP contribution is -2.30. The molecule has 0 saturated carbocycles. The highest BCUT2D eigenvalue weighted by Crippen LogP contribution is 1.93. The summed E-state index contributed by atoms with van der Waals surface area (Å²) in [5, 5.41) is 56.2. The summed E-state index contributed by atoms with van der Waals surface area (Å²) in [5.74, 6) is -7.19. The topological polar surface area (TPSA) is 270 Å². The standard InChI is InChI=1S/C5H9NO4.C4H6O5.C4H6O4/c6-3(5(9)10)1-2-4(7)8;5-2(4(8)9)1-3(6)7;5-3(6)1-2-4(7)8/h3H,1-2,6H2,(H,7,8)(H,9,10);2,5H,1H2,(H,6,7)(H,8,9);1-2H2,(H,5,6)(H,7,8)/t3-;;/m0../s1. The largest absolute Gasteiger partial charge is 0.481 e. The van der Waals surface area contributed by atoms with Crippen molar-refractivity contribution < 1.29 is 64.5 Å². The second-order valence-electron chi connectivity index (χ2n) is 4.62. The fourth-order valence-electron chi connectivity index (χ4n) is 0.869. The molecule has 0 aliphatic rings. The summed E-state index contributed by atoms with van der Waals surface area (Å²) in [5.41, 5.74) is 5.00. The van der Waals surface area contributed by atoms with Crippen LogP contribution in [0.15, 0.2) is 0 Å². The van der Waals surface area contributed by atoms with Crippen molar-refractivity contribution in [3.63, 3.8) is 0 Å². The summed E-state index contributed by atoms with van der Waals surface area (Å²) in [6.07, 6.45) is -3.36. The van der Waals surface area contributed by atoms with Crippen molar-refractivity contribution in [1.82, 2.24) is 0 Å². The quantitative estimate of drug-likeness (QED) is 0.199. The van der Waals surface area contributed by atoms with Crippen molar-refractivity contribution in [1.29, 1.82) is 0 Å². The maximum absolute atomic E-state index is 9.99. The van der Waals surface area contributed by atoms with Crippen molar-refractivity contribution in [3.8, 4) is 0 Å². The molecule has 2 atom stereocenters. The van der Waals surface area contributed by atoms with Gasteiger partial charge in [-0.2, -0.15) is 0 Å². The Balaban J connectivity index is -0.000000322. The molecular formula is C13H21NO13. The van der Waals surface area contributed by atoms with E-state index in [9.17, 15) is 28.8 Å². The number of hydrogen-bond donors (Lipinski definition) is 8. The van der Waals surface area contributed by atoms with Crippen LogP contribution in [0.3, 0.4) is 0 Å². The van der Waals surface area contributed by atoms with Gasteiger partial charge in [-0.3, -0.25) is 24.0 Å². The Morgan fingerprint density at radius 1 is 0.630 bits per heavy atom. The van der Waals surface area contributed by atoms with Gasteiger partial charge in [-0.15, -0.1) is 0 Å². The second kappa shape index (κ2) is 16.2. The lowest BCUT2D eigenvalue weighted by molar-refractivity contribution is -0.152. The predicted molar refractivity (Wildman–Crippen MR) is 82.9 cm³/mol. The zero-order chi connectivity index (χ0) is 22.2. The van der Waals surface area contributed by atoms with Crippen molar-refractivity contribution in [2.24, 2.45) is 5.73 Å². The van der Waals surface area contributed by atoms with E-state index in [2.05, 4.69) is 0 Å². The molecule has 14 heteroatoms. The monoisotopic (exact) mass is 399 g/mol. The van der Waals surface area contributed by atoms with Crippen LogP contribution in [0.5, 0.6) is 0 Å². The van der Waals surface area contributed by atoms with Gasteiger partial charge in [-0.1, -0.05) is 0 Å². The average Bonchev–Trinajstić information content (AvgIpc) is 2.50. The number of nitrogens with two attached hydrogens (primary N) is 1. The van der Waals surface area contributed by atoms with Crippen molar-refractivity contribution in [2.45, 2.75) is 44.2 Å². The number of hydrogen-bond acceptors (Lipinski definition) is 8. The van der Waals surface area contributed by atoms with E-state index in [-0.39, 0.29) is 25.7 Å². The zero-order valence-corrected chi connectivity index (χ0v) is 13.8. The molecule has 156 valence electrons. The molecule has 0 rings (SSSR count). The molecule has 0 bridgehead atoms. The molecule has 0 aromatic rings. The first-order chi connectivity index (χ1) is 12.2. The minimum Gasteiger partial charge on any atom is -0.481 e. The van der Waals surface area contributed by atoms with E-state index in [4.69, 9.17) is 41.5 Å². The van der Waals surface area contributed by atoms with Crippen molar-refractivity contribution in [2.75, 3.05) is 0 Å². The number of aliphatic hydroxyl groups excluding tert-OH is 1. The Morgan fingerprint density at radius 2 is 1.00 bits per heavy atom. The molecule has 1 unspecified atom stereocenters. The van der Waals surface area contributed by atoms with Crippen LogP contribution in [0.4, 0.5) is 0 Å². The molecule has 0 aromatic carbocycles. The lowest BCUT2D eigenvalue weighted by Gasteiger charge is -2.01. The first-order valence-corrected chi connectivity index (χ1v) is 6.97. The minimum absolute atomic E-state index is 0.0231. The average molecular weight is 399 g/mol. The molecule has 0 heterocycles. The molecule has 0 spiro atoms. The van der Waals surface area contributed by atoms with Crippen LogP contribution in [-0.4, -0.2) is 83.7 Å². The Kier molecular flexibility index (Phi) is 17.1. The van der Waals surface area contributed by atoms with Crippen LogP contribution in [0.2, 0.25) is 0 Å². The fraction of sp³-hybridized carbons (Fsp3) is 0.538. The molecule has 27 heavy (non-hydrogen) atoms. The van der Waals surface area contributed by atoms with Gasteiger partial charge in [0, 0.05) is 6.42 Å². The molecular weight excluding hydrogens is 378 g/mol. The lowest BCUT2D eigenvalue weighted by atomic mass is 10.2. The Bertz CT molecular complexity index is 516. The molecule has 14 nitrogen and oxygen atoms in total. The summed E-state index contributed by atoms with van der Waals surface area (Å²) < 4.78 is 0. The summed E-state index contributed by atoms with van der Waals surface area (Å²) in [7, 11) is 0. The van der Waals surface area contributed by atoms with Gasteiger partial charge >= 0.3 is 35.8 Å². The highest BCUT2D eigenvalue weighted by atomic mass is 16.4. The predicted octanol–water partition coefficient (Wildman–Crippen LogP) is -1.89. The van der Waals surface area contributed by atoms with E-state index in [1.54, 1.807) is 0 Å². The van der Waals surface area contributed by atoms with E-state index in [1.807, 2.05) is 0 Å². The maximum atomic E-state index is 9.99. The van der Waals surface area contributed by atoms with Gasteiger partial charge in [0.15, 0.2) is 6.10 Å². The van der Waals surface area contributed by atoms with Gasteiger partial charge in [0.05, 0.1) is 19.3 Å². The van der Waals surface area contributed by atoms with Gasteiger partial charge in [-0.05, 0) is 6.42 Å². The van der Waals surface area contributed by atoms with Gasteiger partial charge in [-0.25, -0.2) is 4.79 Å². The summed E-state index contributed by atoms with van der Waals surface area (Å²) in [6.45, 7) is 0. The number of carbonyl (C=O) groups is 6. The third-order valence-electron chi connectivity index (χ3n) is 2.19. The van der Waals surface area contributed by atoms with Crippen LogP contribution in [0.1, 0.15) is 32.1 Å². The minimum atomic E-state index is -1.79. The SMILES string of the molecule is N[C@@H](CCC(=O)O)C(=O)O.O=C(O)CC(O)C(=O)O.O=C(O)CCC(=O)O. The molecule has 9 N–H and O–H groups in total. The van der Waals surface area contributed by atoms with E-state index < -0.39 is 54.4 Å². The number of carboxylic acid groups (broad SMARTS) is 6. The normalized spacial score (nSPS) is 11.3. The summed E-state index contributed by atoms with van der Waals surface area (Å²) in [6, 6.07) is -1.06. The first kappa shape index (κ1) is 28.5. The van der Waals surface area contributed by atoms with E-state index >= 15 is 0 Å². The number of carboxylic acids is 6. The molecule has 0 saturated heterocycles. The maximum Gasteiger partial charge on any atom is 0.333 e. The molecule has 0 aliphatic carbocycles. The third kappa shape index (κ3) is 27.9. The Hall–Kier alpha value is -3.26. The first-order valence-electron chi connectivity index (χ1n) is 6.97. The van der Waals surface area contributed by atoms with Crippen LogP contribution >= 0.6 is 0 Å².